The molecule has 1 spiro atoms. The highest BCUT2D eigenvalue weighted by Crippen LogP contribution is 2.39. The first-order valence-electron chi connectivity index (χ1n) is 18.2. The predicted molar refractivity (Wildman–Crippen MR) is 211 cm³/mol. The number of carbonyl (C=O) groups is 2. The monoisotopic (exact) mass is 709 g/mol. The number of phenols is 1. The van der Waals surface area contributed by atoms with Gasteiger partial charge in [0.25, 0.3) is 0 Å². The first-order valence-corrected chi connectivity index (χ1v) is 18.2. The van der Waals surface area contributed by atoms with Gasteiger partial charge in [-0.1, -0.05) is 56.3 Å². The van der Waals surface area contributed by atoms with Crippen LogP contribution in [0.5, 0.6) is 5.75 Å². The van der Waals surface area contributed by atoms with Gasteiger partial charge in [0.05, 0.1) is 16.8 Å². The summed E-state index contributed by atoms with van der Waals surface area (Å²) in [6.07, 6.45) is 6.82. The van der Waals surface area contributed by atoms with Crippen molar-refractivity contribution in [2.75, 3.05) is 39.0 Å². The molecule has 2 fully saturated rings. The minimum atomic E-state index is -0.106. The van der Waals surface area contributed by atoms with E-state index in [1.807, 2.05) is 56.3 Å². The highest BCUT2D eigenvalue weighted by molar-refractivity contribution is 5.85. The predicted octanol–water partition coefficient (Wildman–Crippen LogP) is 7.69. The molecule has 3 N–H and O–H groups in total. The second kappa shape index (κ2) is 16.8. The van der Waals surface area contributed by atoms with E-state index in [1.165, 1.54) is 69.2 Å². The molecule has 1 atom stereocenters. The molecule has 2 saturated heterocycles. The van der Waals surface area contributed by atoms with Gasteiger partial charge in [-0.15, -0.1) is 0 Å². The molecule has 10 nitrogen and oxygen atoms in total. The molecule has 0 saturated carbocycles. The smallest absolute Gasteiger partial charge is 0.165 e. The average molecular weight is 710 g/mol. The summed E-state index contributed by atoms with van der Waals surface area (Å²) in [5.41, 5.74) is 14.1. The topological polar surface area (TPSA) is 130 Å². The van der Waals surface area contributed by atoms with Crippen LogP contribution in [-0.2, 0) is 6.54 Å². The number of piperidine rings is 1. The van der Waals surface area contributed by atoms with Gasteiger partial charge in [0.1, 0.15) is 23.4 Å². The molecule has 0 aliphatic carbocycles. The van der Waals surface area contributed by atoms with Crippen LogP contribution in [0, 0.1) is 5.41 Å². The van der Waals surface area contributed by atoms with E-state index in [9.17, 15) is 9.59 Å². The van der Waals surface area contributed by atoms with Gasteiger partial charge in [0, 0.05) is 42.6 Å². The lowest BCUT2D eigenvalue weighted by Crippen LogP contribution is -2.42. The van der Waals surface area contributed by atoms with E-state index >= 15 is 0 Å². The van der Waals surface area contributed by atoms with Crippen molar-refractivity contribution >= 4 is 29.6 Å². The Balaban J connectivity index is 0.000000317. The number of nitrogen functional groups attached to an aromatic ring is 1. The third-order valence-electron chi connectivity index (χ3n) is 9.94. The van der Waals surface area contributed by atoms with Crippen LogP contribution in [0.3, 0.4) is 0 Å². The summed E-state index contributed by atoms with van der Waals surface area (Å²) >= 11 is 0. The van der Waals surface area contributed by atoms with Gasteiger partial charge in [0.15, 0.2) is 17.8 Å². The zero-order chi connectivity index (χ0) is 37.4. The number of anilines is 1. The minimum absolute atomic E-state index is 0.106. The minimum Gasteiger partial charge on any atom is -0.507 e. The number of imidazole rings is 1. The maximum atomic E-state index is 10.2. The maximum absolute atomic E-state index is 10.2. The van der Waals surface area contributed by atoms with Gasteiger partial charge < -0.3 is 15.7 Å². The van der Waals surface area contributed by atoms with Crippen LogP contribution in [-0.4, -0.2) is 80.2 Å². The Morgan fingerprint density at radius 2 is 1.64 bits per heavy atom. The van der Waals surface area contributed by atoms with Gasteiger partial charge in [-0.25, -0.2) is 15.0 Å². The Labute approximate surface area is 311 Å². The number of fused-ring (bicyclic) bond motifs is 1. The Hall–Kier alpha value is -5.71. The second-order valence-electron chi connectivity index (χ2n) is 13.6. The molecular weight excluding hydrogens is 663 g/mol. The number of carbonyl (C=O) groups excluding carboxylic acids is 2. The molecule has 1 unspecified atom stereocenters. The Morgan fingerprint density at radius 1 is 0.849 bits per heavy atom. The van der Waals surface area contributed by atoms with E-state index in [2.05, 4.69) is 62.8 Å². The van der Waals surface area contributed by atoms with E-state index in [0.29, 0.717) is 29.4 Å². The number of phenolic OH excluding ortho intramolecular Hbond substituents is 1. The maximum Gasteiger partial charge on any atom is 0.165 e. The van der Waals surface area contributed by atoms with E-state index in [4.69, 9.17) is 20.8 Å². The van der Waals surface area contributed by atoms with Crippen molar-refractivity contribution in [1.29, 1.82) is 0 Å². The van der Waals surface area contributed by atoms with Crippen molar-refractivity contribution < 1.29 is 14.7 Å². The van der Waals surface area contributed by atoms with Crippen LogP contribution < -0.4 is 5.73 Å². The average Bonchev–Trinajstić information content (AvgIpc) is 3.77. The number of benzene rings is 3. The molecule has 6 aromatic rings. The molecule has 5 heterocycles. The van der Waals surface area contributed by atoms with Crippen molar-refractivity contribution in [3.8, 4) is 34.1 Å². The van der Waals surface area contributed by atoms with Crippen molar-refractivity contribution in [1.82, 2.24) is 29.3 Å². The third-order valence-corrected chi connectivity index (χ3v) is 9.94. The number of pyridine rings is 2. The highest BCUT2D eigenvalue weighted by atomic mass is 16.3. The highest BCUT2D eigenvalue weighted by Gasteiger charge is 2.40. The Bertz CT molecular complexity index is 2170. The number of hydrogen-bond acceptors (Lipinski definition) is 9. The molecular formula is C43H47N7O3. The lowest BCUT2D eigenvalue weighted by molar-refractivity contribution is 0.111. The van der Waals surface area contributed by atoms with Crippen LogP contribution in [0.25, 0.3) is 39.5 Å². The van der Waals surface area contributed by atoms with E-state index in [0.717, 1.165) is 46.0 Å². The summed E-state index contributed by atoms with van der Waals surface area (Å²) in [5.74, 6) is 1.09. The molecule has 53 heavy (non-hydrogen) atoms. The lowest BCUT2D eigenvalue weighted by Gasteiger charge is -2.38. The summed E-state index contributed by atoms with van der Waals surface area (Å²) in [7, 11) is 2.27. The standard InChI is InChI=1S/C33H35N7.C8H6O3.C2H6/c1-38-19-6-16-33(22-38)17-20-39(23-33)21-24-10-12-26(13-11-24)40-31(27-9-5-18-35-30(27)34)37-29-15-14-28(36-32(29)40)25-7-3-2-4-8-25;9-4-6-1-2-8(11)7(3-6)5-10;1-2/h2-5,7-15,18H,6,16-17,19-23H2,1H3,(H2,34,35);1-5,11H;1-2H3. The fourth-order valence-corrected chi connectivity index (χ4v) is 7.46. The van der Waals surface area contributed by atoms with Crippen molar-refractivity contribution in [3.05, 3.63) is 120 Å². The molecule has 0 amide bonds. The van der Waals surface area contributed by atoms with E-state index in [-0.39, 0.29) is 11.3 Å². The summed E-state index contributed by atoms with van der Waals surface area (Å²) < 4.78 is 2.11. The number of hydrogen-bond donors (Lipinski definition) is 2. The number of aldehydes is 2. The van der Waals surface area contributed by atoms with Gasteiger partial charge in [-0.3, -0.25) is 19.1 Å². The van der Waals surface area contributed by atoms with Crippen LogP contribution in [0.1, 0.15) is 59.4 Å². The lowest BCUT2D eigenvalue weighted by atomic mass is 9.79. The zero-order valence-corrected chi connectivity index (χ0v) is 30.7. The van der Waals surface area contributed by atoms with Gasteiger partial charge in [-0.05, 0) is 105 Å². The molecule has 2 aliphatic heterocycles. The van der Waals surface area contributed by atoms with Crippen LogP contribution >= 0.6 is 0 Å². The fraction of sp³-hybridized carbons (Fsp3) is 0.279. The number of aromatic nitrogens is 4. The van der Waals surface area contributed by atoms with Crippen molar-refractivity contribution in [2.45, 2.75) is 39.7 Å². The molecule has 2 aliphatic rings. The Kier molecular flexibility index (Phi) is 11.7. The Morgan fingerprint density at radius 3 is 2.36 bits per heavy atom. The van der Waals surface area contributed by atoms with Crippen LogP contribution in [0.4, 0.5) is 5.82 Å². The van der Waals surface area contributed by atoms with Gasteiger partial charge in [-0.2, -0.15) is 0 Å². The van der Waals surface area contributed by atoms with E-state index in [1.54, 1.807) is 6.20 Å². The van der Waals surface area contributed by atoms with Crippen LogP contribution in [0.2, 0.25) is 0 Å². The quantitative estimate of drug-likeness (QED) is 0.160. The first-order chi connectivity index (χ1) is 25.8. The van der Waals surface area contributed by atoms with Crippen molar-refractivity contribution in [3.63, 3.8) is 0 Å². The molecule has 3 aromatic heterocycles. The first kappa shape index (κ1) is 37.1. The van der Waals surface area contributed by atoms with Gasteiger partial charge >= 0.3 is 0 Å². The zero-order valence-electron chi connectivity index (χ0n) is 30.7. The van der Waals surface area contributed by atoms with Gasteiger partial charge in [0.2, 0.25) is 0 Å². The van der Waals surface area contributed by atoms with E-state index < -0.39 is 0 Å². The molecule has 8 rings (SSSR count). The normalized spacial score (nSPS) is 17.1. The number of nitrogens with two attached hydrogens (primary N) is 1. The third kappa shape index (κ3) is 8.35. The molecule has 0 radical (unpaired) electrons. The largest absolute Gasteiger partial charge is 0.507 e. The summed E-state index contributed by atoms with van der Waals surface area (Å²) in [5, 5.41) is 8.98. The molecule has 0 bridgehead atoms. The van der Waals surface area contributed by atoms with Crippen molar-refractivity contribution in [2.24, 2.45) is 5.41 Å². The summed E-state index contributed by atoms with van der Waals surface area (Å²) in [6.45, 7) is 9.82. The number of nitrogens with zero attached hydrogens (tertiary/aromatic N) is 6. The summed E-state index contributed by atoms with van der Waals surface area (Å²) in [4.78, 5) is 40.0. The number of aromatic hydroxyl groups is 1. The SMILES string of the molecule is CC.CN1CCCC2(CCN(Cc3ccc(-n4c(-c5cccnc5N)nc5ccc(-c6ccccc6)nc54)cc3)C2)C1.O=Cc1ccc(O)c(C=O)c1. The fourth-order valence-electron chi connectivity index (χ4n) is 7.46. The molecule has 10 heteroatoms. The second-order valence-corrected chi connectivity index (χ2v) is 13.6. The molecule has 272 valence electrons. The van der Waals surface area contributed by atoms with Crippen LogP contribution in [0.15, 0.2) is 103 Å². The number of likely N-dealkylation sites (tertiary alicyclic amines) is 2. The number of rotatable bonds is 7. The molecule has 3 aromatic carbocycles. The summed E-state index contributed by atoms with van der Waals surface area (Å²) in [6, 6.07) is 31.1.